The smallest absolute Gasteiger partial charge is 0.292 e. The second-order valence-electron chi connectivity index (χ2n) is 3.90. The van der Waals surface area contributed by atoms with Crippen LogP contribution in [-0.2, 0) is 0 Å². The third kappa shape index (κ3) is 1.91. The Labute approximate surface area is 99.2 Å². The fraction of sp³-hybridized carbons (Fsp3) is 0.250. The molecule has 0 aliphatic carbocycles. The summed E-state index contributed by atoms with van der Waals surface area (Å²) in [6.45, 7) is 4.08. The SMILES string of the molecule is CC(C)c1nc(N)oc1-c1ccccc1Cl. The van der Waals surface area contributed by atoms with Crippen LogP contribution in [0.3, 0.4) is 0 Å². The Kier molecular flexibility index (Phi) is 2.88. The van der Waals surface area contributed by atoms with Crippen molar-refractivity contribution in [3.63, 3.8) is 0 Å². The molecule has 1 heterocycles. The van der Waals surface area contributed by atoms with Crippen LogP contribution in [0.15, 0.2) is 28.7 Å². The predicted molar refractivity (Wildman–Crippen MR) is 65.5 cm³/mol. The first kappa shape index (κ1) is 11.0. The lowest BCUT2D eigenvalue weighted by Crippen LogP contribution is -1.91. The zero-order valence-corrected chi connectivity index (χ0v) is 9.95. The van der Waals surface area contributed by atoms with Gasteiger partial charge in [-0.1, -0.05) is 37.6 Å². The van der Waals surface area contributed by atoms with Crippen molar-refractivity contribution in [2.75, 3.05) is 5.73 Å². The van der Waals surface area contributed by atoms with Crippen molar-refractivity contribution in [1.82, 2.24) is 4.98 Å². The number of hydrogen-bond donors (Lipinski definition) is 1. The lowest BCUT2D eigenvalue weighted by atomic mass is 10.0. The zero-order chi connectivity index (χ0) is 11.7. The van der Waals surface area contributed by atoms with Gasteiger partial charge in [0.15, 0.2) is 5.76 Å². The van der Waals surface area contributed by atoms with Crippen LogP contribution in [-0.4, -0.2) is 4.98 Å². The number of benzene rings is 1. The van der Waals surface area contributed by atoms with Gasteiger partial charge >= 0.3 is 0 Å². The quantitative estimate of drug-likeness (QED) is 0.865. The van der Waals surface area contributed by atoms with E-state index in [2.05, 4.69) is 4.98 Å². The molecule has 4 heteroatoms. The molecule has 1 aromatic carbocycles. The molecule has 2 N–H and O–H groups in total. The Hall–Kier alpha value is -1.48. The van der Waals surface area contributed by atoms with Crippen LogP contribution in [0.4, 0.5) is 6.01 Å². The Bertz CT molecular complexity index is 505. The molecule has 0 aliphatic rings. The molecule has 0 aliphatic heterocycles. The number of anilines is 1. The predicted octanol–water partition coefficient (Wildman–Crippen LogP) is 3.70. The van der Waals surface area contributed by atoms with Crippen LogP contribution in [0.5, 0.6) is 0 Å². The fourth-order valence-corrected chi connectivity index (χ4v) is 1.80. The lowest BCUT2D eigenvalue weighted by molar-refractivity contribution is 0.592. The van der Waals surface area contributed by atoms with Gasteiger partial charge in [-0.2, -0.15) is 4.98 Å². The first-order chi connectivity index (χ1) is 7.59. The molecular weight excluding hydrogens is 224 g/mol. The highest BCUT2D eigenvalue weighted by Gasteiger charge is 2.18. The van der Waals surface area contributed by atoms with Gasteiger partial charge in [-0.05, 0) is 18.1 Å². The number of nitrogen functional groups attached to an aromatic ring is 1. The molecule has 16 heavy (non-hydrogen) atoms. The minimum atomic E-state index is 0.179. The molecule has 1 aromatic heterocycles. The molecule has 0 bridgehead atoms. The van der Waals surface area contributed by atoms with Crippen LogP contribution < -0.4 is 5.73 Å². The van der Waals surface area contributed by atoms with Gasteiger partial charge in [0, 0.05) is 5.56 Å². The molecule has 84 valence electrons. The van der Waals surface area contributed by atoms with Gasteiger partial charge in [-0.15, -0.1) is 0 Å². The lowest BCUT2D eigenvalue weighted by Gasteiger charge is -2.04. The monoisotopic (exact) mass is 236 g/mol. The first-order valence-electron chi connectivity index (χ1n) is 5.10. The van der Waals surface area contributed by atoms with E-state index in [9.17, 15) is 0 Å². The fourth-order valence-electron chi connectivity index (χ4n) is 1.58. The number of halogens is 1. The molecule has 0 unspecified atom stereocenters. The normalized spacial score (nSPS) is 11.0. The summed E-state index contributed by atoms with van der Waals surface area (Å²) in [7, 11) is 0. The number of aromatic nitrogens is 1. The molecule has 0 radical (unpaired) electrons. The summed E-state index contributed by atoms with van der Waals surface area (Å²) in [5.41, 5.74) is 7.25. The summed E-state index contributed by atoms with van der Waals surface area (Å²) >= 11 is 6.12. The van der Waals surface area contributed by atoms with E-state index in [1.165, 1.54) is 0 Å². The number of hydrogen-bond acceptors (Lipinski definition) is 3. The molecule has 0 atom stereocenters. The summed E-state index contributed by atoms with van der Waals surface area (Å²) in [6.07, 6.45) is 0. The van der Waals surface area contributed by atoms with Crippen molar-refractivity contribution < 1.29 is 4.42 Å². The Morgan fingerprint density at radius 1 is 1.31 bits per heavy atom. The summed E-state index contributed by atoms with van der Waals surface area (Å²) in [5.74, 6) is 0.908. The highest BCUT2D eigenvalue weighted by Crippen LogP contribution is 2.34. The van der Waals surface area contributed by atoms with Crippen LogP contribution in [0.1, 0.15) is 25.5 Å². The summed E-state index contributed by atoms with van der Waals surface area (Å²) in [4.78, 5) is 4.18. The van der Waals surface area contributed by atoms with Gasteiger partial charge in [-0.3, -0.25) is 0 Å². The Balaban J connectivity index is 2.60. The van der Waals surface area contributed by atoms with Crippen LogP contribution in [0.25, 0.3) is 11.3 Å². The average molecular weight is 237 g/mol. The average Bonchev–Trinajstić information content (AvgIpc) is 2.61. The summed E-state index contributed by atoms with van der Waals surface area (Å²) in [6, 6.07) is 7.68. The van der Waals surface area contributed by atoms with Crippen LogP contribution >= 0.6 is 11.6 Å². The molecule has 0 fully saturated rings. The minimum absolute atomic E-state index is 0.179. The summed E-state index contributed by atoms with van der Waals surface area (Å²) < 4.78 is 5.43. The van der Waals surface area contributed by atoms with E-state index in [-0.39, 0.29) is 11.9 Å². The van der Waals surface area contributed by atoms with Crippen LogP contribution in [0.2, 0.25) is 5.02 Å². The maximum absolute atomic E-state index is 6.12. The van der Waals surface area contributed by atoms with E-state index >= 15 is 0 Å². The number of oxazole rings is 1. The van der Waals surface area contributed by atoms with E-state index in [0.717, 1.165) is 11.3 Å². The maximum atomic E-state index is 6.12. The van der Waals surface area contributed by atoms with Gasteiger partial charge < -0.3 is 10.2 Å². The van der Waals surface area contributed by atoms with Gasteiger partial charge in [0.05, 0.1) is 10.7 Å². The van der Waals surface area contributed by atoms with E-state index in [0.29, 0.717) is 10.8 Å². The number of nitrogens with two attached hydrogens (primary N) is 1. The van der Waals surface area contributed by atoms with Gasteiger partial charge in [0.2, 0.25) is 0 Å². The highest BCUT2D eigenvalue weighted by molar-refractivity contribution is 6.33. The zero-order valence-electron chi connectivity index (χ0n) is 9.20. The van der Waals surface area contributed by atoms with E-state index in [1.54, 1.807) is 0 Å². The molecular formula is C12H13ClN2O. The summed E-state index contributed by atoms with van der Waals surface area (Å²) in [5, 5.41) is 0.639. The molecule has 0 spiro atoms. The molecule has 0 saturated carbocycles. The van der Waals surface area contributed by atoms with Crippen LogP contribution in [0, 0.1) is 0 Å². The molecule has 0 amide bonds. The number of rotatable bonds is 2. The topological polar surface area (TPSA) is 52.0 Å². The molecule has 3 nitrogen and oxygen atoms in total. The molecule has 2 rings (SSSR count). The molecule has 0 saturated heterocycles. The molecule has 2 aromatic rings. The van der Waals surface area contributed by atoms with E-state index < -0.39 is 0 Å². The number of nitrogens with zero attached hydrogens (tertiary/aromatic N) is 1. The van der Waals surface area contributed by atoms with Gasteiger partial charge in [0.25, 0.3) is 6.01 Å². The standard InChI is InChI=1S/C12H13ClN2O/c1-7(2)10-11(16-12(14)15-10)8-5-3-4-6-9(8)13/h3-7H,1-2H3,(H2,14,15). The highest BCUT2D eigenvalue weighted by atomic mass is 35.5. The van der Waals surface area contributed by atoms with Crippen molar-refractivity contribution in [3.05, 3.63) is 35.0 Å². The first-order valence-corrected chi connectivity index (χ1v) is 5.48. The Morgan fingerprint density at radius 3 is 2.62 bits per heavy atom. The van der Waals surface area contributed by atoms with E-state index in [1.807, 2.05) is 38.1 Å². The van der Waals surface area contributed by atoms with Gasteiger partial charge in [-0.25, -0.2) is 0 Å². The second kappa shape index (κ2) is 4.18. The van der Waals surface area contributed by atoms with Crippen molar-refractivity contribution >= 4 is 17.6 Å². The third-order valence-electron chi connectivity index (χ3n) is 2.34. The Morgan fingerprint density at radius 2 is 2.00 bits per heavy atom. The third-order valence-corrected chi connectivity index (χ3v) is 2.66. The van der Waals surface area contributed by atoms with Gasteiger partial charge in [0.1, 0.15) is 0 Å². The largest absolute Gasteiger partial charge is 0.423 e. The maximum Gasteiger partial charge on any atom is 0.292 e. The van der Waals surface area contributed by atoms with E-state index in [4.69, 9.17) is 21.8 Å². The second-order valence-corrected chi connectivity index (χ2v) is 4.31. The minimum Gasteiger partial charge on any atom is -0.423 e. The van der Waals surface area contributed by atoms with Crippen molar-refractivity contribution in [3.8, 4) is 11.3 Å². The van der Waals surface area contributed by atoms with Crippen molar-refractivity contribution in [2.24, 2.45) is 0 Å². The van der Waals surface area contributed by atoms with Crippen molar-refractivity contribution in [2.45, 2.75) is 19.8 Å². The van der Waals surface area contributed by atoms with Crippen molar-refractivity contribution in [1.29, 1.82) is 0 Å².